The number of fused-ring (bicyclic) bond motifs is 3. The van der Waals surface area contributed by atoms with Gasteiger partial charge in [-0.2, -0.15) is 0 Å². The zero-order valence-electron chi connectivity index (χ0n) is 10.7. The molecule has 0 saturated carbocycles. The lowest BCUT2D eigenvalue weighted by molar-refractivity contribution is 0.195. The Labute approximate surface area is 114 Å². The summed E-state index contributed by atoms with van der Waals surface area (Å²) in [6.45, 7) is 1.45. The van der Waals surface area contributed by atoms with Crippen molar-refractivity contribution in [1.82, 2.24) is 15.0 Å². The van der Waals surface area contributed by atoms with Crippen LogP contribution in [0.4, 0.5) is 10.2 Å². The van der Waals surface area contributed by atoms with E-state index in [9.17, 15) is 4.39 Å². The average molecular weight is 272 g/mol. The van der Waals surface area contributed by atoms with Gasteiger partial charge >= 0.3 is 0 Å². The van der Waals surface area contributed by atoms with Gasteiger partial charge in [-0.15, -0.1) is 0 Å². The van der Waals surface area contributed by atoms with Crippen LogP contribution in [0.5, 0.6) is 0 Å². The monoisotopic (exact) mass is 272 g/mol. The van der Waals surface area contributed by atoms with Crippen molar-refractivity contribution in [1.29, 1.82) is 0 Å². The molecule has 0 unspecified atom stereocenters. The number of nitrogens with zero attached hydrogens (tertiary/aromatic N) is 2. The molecule has 0 aliphatic carbocycles. The number of hydrogen-bond acceptors (Lipinski definition) is 4. The van der Waals surface area contributed by atoms with Gasteiger partial charge in [0.1, 0.15) is 23.6 Å². The molecule has 5 nitrogen and oxygen atoms in total. The minimum atomic E-state index is -0.268. The van der Waals surface area contributed by atoms with Gasteiger partial charge in [0, 0.05) is 12.0 Å². The number of hydrogen-bond donors (Lipinski definition) is 2. The number of benzene rings is 1. The van der Waals surface area contributed by atoms with E-state index < -0.39 is 0 Å². The van der Waals surface area contributed by atoms with E-state index in [2.05, 4.69) is 20.3 Å². The molecule has 3 aromatic rings. The molecule has 0 spiro atoms. The summed E-state index contributed by atoms with van der Waals surface area (Å²) in [6, 6.07) is 4.94. The van der Waals surface area contributed by atoms with Crippen molar-refractivity contribution < 1.29 is 9.13 Å². The van der Waals surface area contributed by atoms with E-state index >= 15 is 0 Å². The SMILES string of the molecule is Fc1ccc2c(c1)[nH]c1ncnc(N[C@@H]3CCOC3)c12. The third kappa shape index (κ3) is 1.80. The van der Waals surface area contributed by atoms with Crippen LogP contribution in [-0.2, 0) is 4.74 Å². The Balaban J connectivity index is 1.89. The Morgan fingerprint density at radius 1 is 1.35 bits per heavy atom. The normalized spacial score (nSPS) is 18.9. The maximum absolute atomic E-state index is 13.3. The Morgan fingerprint density at radius 3 is 3.15 bits per heavy atom. The Hall–Kier alpha value is -2.21. The predicted octanol–water partition coefficient (Wildman–Crippen LogP) is 2.45. The number of aromatic amines is 1. The van der Waals surface area contributed by atoms with Crippen molar-refractivity contribution >= 4 is 27.8 Å². The van der Waals surface area contributed by atoms with E-state index in [1.165, 1.54) is 18.5 Å². The van der Waals surface area contributed by atoms with Gasteiger partial charge in [0.2, 0.25) is 0 Å². The second kappa shape index (κ2) is 4.42. The van der Waals surface area contributed by atoms with Crippen LogP contribution in [0.2, 0.25) is 0 Å². The third-order valence-electron chi connectivity index (χ3n) is 3.62. The number of anilines is 1. The minimum absolute atomic E-state index is 0.262. The molecule has 2 N–H and O–H groups in total. The molecule has 20 heavy (non-hydrogen) atoms. The summed E-state index contributed by atoms with van der Waals surface area (Å²) in [5, 5.41) is 5.20. The molecule has 1 saturated heterocycles. The summed E-state index contributed by atoms with van der Waals surface area (Å²) in [7, 11) is 0. The van der Waals surface area contributed by atoms with E-state index in [0.29, 0.717) is 12.3 Å². The summed E-state index contributed by atoms with van der Waals surface area (Å²) < 4.78 is 18.7. The first-order valence-electron chi connectivity index (χ1n) is 6.57. The van der Waals surface area contributed by atoms with Gasteiger partial charge in [-0.1, -0.05) is 0 Å². The highest BCUT2D eigenvalue weighted by Crippen LogP contribution is 2.30. The van der Waals surface area contributed by atoms with E-state index in [0.717, 1.165) is 35.1 Å². The molecule has 0 amide bonds. The lowest BCUT2D eigenvalue weighted by Crippen LogP contribution is -2.19. The molecule has 0 bridgehead atoms. The van der Waals surface area contributed by atoms with Gasteiger partial charge in [-0.25, -0.2) is 14.4 Å². The van der Waals surface area contributed by atoms with Crippen LogP contribution in [0.1, 0.15) is 6.42 Å². The summed E-state index contributed by atoms with van der Waals surface area (Å²) in [5.41, 5.74) is 1.44. The van der Waals surface area contributed by atoms with Gasteiger partial charge in [0.15, 0.2) is 0 Å². The van der Waals surface area contributed by atoms with E-state index in [-0.39, 0.29) is 11.9 Å². The molecular formula is C14H13FN4O. The first kappa shape index (κ1) is 11.6. The van der Waals surface area contributed by atoms with Gasteiger partial charge in [0.25, 0.3) is 0 Å². The second-order valence-electron chi connectivity index (χ2n) is 4.97. The molecule has 1 aliphatic heterocycles. The standard InChI is InChI=1S/C14H13FN4O/c15-8-1-2-10-11(5-8)19-14-12(10)13(16-7-17-14)18-9-3-4-20-6-9/h1-2,5,7,9H,3-4,6H2,(H2,16,17,18,19)/t9-/m1/s1. The Morgan fingerprint density at radius 2 is 2.30 bits per heavy atom. The first-order chi connectivity index (χ1) is 9.81. The van der Waals surface area contributed by atoms with Crippen LogP contribution in [0.3, 0.4) is 0 Å². The molecule has 1 atom stereocenters. The summed E-state index contributed by atoms with van der Waals surface area (Å²) in [4.78, 5) is 11.7. The van der Waals surface area contributed by atoms with Crippen LogP contribution in [0, 0.1) is 5.82 Å². The van der Waals surface area contributed by atoms with Crippen LogP contribution in [0.25, 0.3) is 21.9 Å². The van der Waals surface area contributed by atoms with Crippen molar-refractivity contribution in [3.8, 4) is 0 Å². The lowest BCUT2D eigenvalue weighted by Gasteiger charge is -2.11. The Bertz CT molecular complexity index is 779. The fourth-order valence-electron chi connectivity index (χ4n) is 2.65. The first-order valence-corrected chi connectivity index (χ1v) is 6.57. The Kier molecular flexibility index (Phi) is 2.56. The highest BCUT2D eigenvalue weighted by Gasteiger charge is 2.18. The molecule has 1 fully saturated rings. The molecule has 3 heterocycles. The highest BCUT2D eigenvalue weighted by molar-refractivity contribution is 6.11. The number of rotatable bonds is 2. The number of ether oxygens (including phenoxy) is 1. The fourth-order valence-corrected chi connectivity index (χ4v) is 2.65. The number of nitrogens with one attached hydrogen (secondary N) is 2. The van der Waals surface area contributed by atoms with Crippen molar-refractivity contribution in [2.24, 2.45) is 0 Å². The molecule has 1 aliphatic rings. The molecule has 1 aromatic carbocycles. The van der Waals surface area contributed by atoms with Crippen molar-refractivity contribution in [3.05, 3.63) is 30.3 Å². The fraction of sp³-hybridized carbons (Fsp3) is 0.286. The summed E-state index contributed by atoms with van der Waals surface area (Å²) in [6.07, 6.45) is 2.47. The smallest absolute Gasteiger partial charge is 0.143 e. The predicted molar refractivity (Wildman–Crippen MR) is 74.2 cm³/mol. The quantitative estimate of drug-likeness (QED) is 0.752. The molecule has 4 rings (SSSR count). The average Bonchev–Trinajstić information content (AvgIpc) is 3.05. The minimum Gasteiger partial charge on any atom is -0.379 e. The van der Waals surface area contributed by atoms with Crippen molar-refractivity contribution in [3.63, 3.8) is 0 Å². The zero-order chi connectivity index (χ0) is 13.5. The van der Waals surface area contributed by atoms with E-state index in [1.807, 2.05) is 0 Å². The maximum Gasteiger partial charge on any atom is 0.143 e. The number of H-pyrrole nitrogens is 1. The largest absolute Gasteiger partial charge is 0.379 e. The zero-order valence-corrected chi connectivity index (χ0v) is 10.7. The van der Waals surface area contributed by atoms with Gasteiger partial charge in [-0.3, -0.25) is 0 Å². The van der Waals surface area contributed by atoms with E-state index in [1.54, 1.807) is 6.07 Å². The summed E-state index contributed by atoms with van der Waals surface area (Å²) >= 11 is 0. The highest BCUT2D eigenvalue weighted by atomic mass is 19.1. The van der Waals surface area contributed by atoms with Crippen LogP contribution in [0.15, 0.2) is 24.5 Å². The molecule has 102 valence electrons. The van der Waals surface area contributed by atoms with Crippen LogP contribution < -0.4 is 5.32 Å². The molecule has 2 aromatic heterocycles. The number of aromatic nitrogens is 3. The molecule has 0 radical (unpaired) electrons. The maximum atomic E-state index is 13.3. The van der Waals surface area contributed by atoms with Gasteiger partial charge in [-0.05, 0) is 24.6 Å². The molecular weight excluding hydrogens is 259 g/mol. The topological polar surface area (TPSA) is 62.8 Å². The van der Waals surface area contributed by atoms with Gasteiger partial charge in [0.05, 0.1) is 23.6 Å². The summed E-state index contributed by atoms with van der Waals surface area (Å²) in [5.74, 6) is 0.499. The van der Waals surface area contributed by atoms with Crippen LogP contribution >= 0.6 is 0 Å². The number of halogens is 1. The second-order valence-corrected chi connectivity index (χ2v) is 4.97. The third-order valence-corrected chi connectivity index (χ3v) is 3.62. The van der Waals surface area contributed by atoms with Gasteiger partial charge < -0.3 is 15.0 Å². The van der Waals surface area contributed by atoms with Crippen LogP contribution in [-0.4, -0.2) is 34.2 Å². The van der Waals surface area contributed by atoms with E-state index in [4.69, 9.17) is 4.74 Å². The lowest BCUT2D eigenvalue weighted by atomic mass is 10.2. The van der Waals surface area contributed by atoms with Crippen molar-refractivity contribution in [2.45, 2.75) is 12.5 Å². The molecule has 6 heteroatoms. The van der Waals surface area contributed by atoms with Crippen molar-refractivity contribution in [2.75, 3.05) is 18.5 Å².